The minimum Gasteiger partial charge on any atom is -0.481 e. The van der Waals surface area contributed by atoms with E-state index in [1.165, 1.54) is 13.3 Å². The third-order valence-corrected chi connectivity index (χ3v) is 3.73. The Morgan fingerprint density at radius 2 is 1.92 bits per heavy atom. The van der Waals surface area contributed by atoms with Crippen molar-refractivity contribution in [3.8, 4) is 5.88 Å². The molecule has 132 valence electrons. The molecule has 0 aliphatic heterocycles. The van der Waals surface area contributed by atoms with Gasteiger partial charge in [-0.2, -0.15) is 0 Å². The molecule has 1 heterocycles. The summed E-state index contributed by atoms with van der Waals surface area (Å²) in [5.74, 6) is -0.167. The lowest BCUT2D eigenvalue weighted by atomic mass is 10.0. The van der Waals surface area contributed by atoms with Crippen LogP contribution in [0, 0.1) is 12.8 Å². The highest BCUT2D eigenvalue weighted by atomic mass is 16.5. The monoisotopic (exact) mass is 341 g/mol. The van der Waals surface area contributed by atoms with Crippen LogP contribution in [-0.4, -0.2) is 29.9 Å². The topological polar surface area (TPSA) is 80.3 Å². The summed E-state index contributed by atoms with van der Waals surface area (Å²) in [6.07, 6.45) is 1.51. The molecule has 6 nitrogen and oxygen atoms in total. The van der Waals surface area contributed by atoms with Gasteiger partial charge in [-0.3, -0.25) is 9.59 Å². The number of ether oxygens (including phenoxy) is 1. The molecule has 0 fully saturated rings. The van der Waals surface area contributed by atoms with Gasteiger partial charge in [-0.15, -0.1) is 0 Å². The molecule has 2 N–H and O–H groups in total. The summed E-state index contributed by atoms with van der Waals surface area (Å²) in [6.45, 7) is 5.68. The smallest absolute Gasteiger partial charge is 0.251 e. The Bertz CT molecular complexity index is 742. The van der Waals surface area contributed by atoms with Crippen LogP contribution in [0.15, 0.2) is 42.6 Å². The molecule has 2 rings (SSSR count). The van der Waals surface area contributed by atoms with Crippen LogP contribution in [0.25, 0.3) is 0 Å². The van der Waals surface area contributed by atoms with E-state index in [-0.39, 0.29) is 17.7 Å². The van der Waals surface area contributed by atoms with Crippen LogP contribution in [-0.2, 0) is 4.79 Å². The number of carbonyl (C=O) groups excluding carboxylic acids is 2. The van der Waals surface area contributed by atoms with Crippen molar-refractivity contribution in [2.45, 2.75) is 26.8 Å². The van der Waals surface area contributed by atoms with Gasteiger partial charge in [0.05, 0.1) is 19.0 Å². The number of rotatable bonds is 6. The van der Waals surface area contributed by atoms with E-state index in [0.29, 0.717) is 17.1 Å². The summed E-state index contributed by atoms with van der Waals surface area (Å²) >= 11 is 0. The molecule has 1 atom stereocenters. The molecule has 0 aliphatic carbocycles. The Morgan fingerprint density at radius 3 is 2.48 bits per heavy atom. The van der Waals surface area contributed by atoms with Gasteiger partial charge in [0.25, 0.3) is 5.91 Å². The van der Waals surface area contributed by atoms with Crippen LogP contribution < -0.4 is 15.4 Å². The zero-order valence-electron chi connectivity index (χ0n) is 14.9. The van der Waals surface area contributed by atoms with Gasteiger partial charge in [0, 0.05) is 11.6 Å². The predicted molar refractivity (Wildman–Crippen MR) is 96.7 cm³/mol. The maximum Gasteiger partial charge on any atom is 0.251 e. The van der Waals surface area contributed by atoms with E-state index in [0.717, 1.165) is 5.56 Å². The third kappa shape index (κ3) is 5.04. The van der Waals surface area contributed by atoms with Gasteiger partial charge in [-0.25, -0.2) is 4.98 Å². The van der Waals surface area contributed by atoms with Gasteiger partial charge in [0.15, 0.2) is 0 Å². The molecule has 2 aromatic rings. The van der Waals surface area contributed by atoms with Crippen LogP contribution in [0.1, 0.15) is 29.8 Å². The third-order valence-electron chi connectivity index (χ3n) is 3.73. The first-order valence-corrected chi connectivity index (χ1v) is 8.09. The number of amides is 2. The number of benzene rings is 1. The first-order chi connectivity index (χ1) is 11.9. The molecule has 1 aromatic carbocycles. The van der Waals surface area contributed by atoms with Crippen molar-refractivity contribution in [2.75, 3.05) is 12.4 Å². The maximum absolute atomic E-state index is 12.6. The first kappa shape index (κ1) is 18.4. The molecule has 0 saturated heterocycles. The zero-order chi connectivity index (χ0) is 18.4. The van der Waals surface area contributed by atoms with Gasteiger partial charge in [0.2, 0.25) is 11.8 Å². The van der Waals surface area contributed by atoms with E-state index in [1.807, 2.05) is 32.9 Å². The number of carbonyl (C=O) groups is 2. The molecule has 1 aromatic heterocycles. The minimum absolute atomic E-state index is 0.0695. The molecular weight excluding hydrogens is 318 g/mol. The van der Waals surface area contributed by atoms with E-state index >= 15 is 0 Å². The number of anilines is 1. The first-order valence-electron chi connectivity index (χ1n) is 8.09. The number of methoxy groups -OCH3 is 1. The van der Waals surface area contributed by atoms with Crippen molar-refractivity contribution in [3.63, 3.8) is 0 Å². The lowest BCUT2D eigenvalue weighted by Gasteiger charge is -2.21. The molecule has 0 bridgehead atoms. The number of aromatic nitrogens is 1. The van der Waals surface area contributed by atoms with Crippen LogP contribution >= 0.6 is 0 Å². The van der Waals surface area contributed by atoms with Crippen molar-refractivity contribution < 1.29 is 14.3 Å². The summed E-state index contributed by atoms with van der Waals surface area (Å²) in [7, 11) is 1.52. The number of aryl methyl sites for hydroxylation is 1. The van der Waals surface area contributed by atoms with Crippen molar-refractivity contribution in [2.24, 2.45) is 5.92 Å². The fraction of sp³-hybridized carbons (Fsp3) is 0.316. The van der Waals surface area contributed by atoms with Gasteiger partial charge in [-0.05, 0) is 31.0 Å². The average Bonchev–Trinajstić information content (AvgIpc) is 2.59. The van der Waals surface area contributed by atoms with Gasteiger partial charge < -0.3 is 15.4 Å². The molecule has 1 unspecified atom stereocenters. The normalized spacial score (nSPS) is 11.7. The van der Waals surface area contributed by atoms with Gasteiger partial charge in [-0.1, -0.05) is 31.5 Å². The second-order valence-corrected chi connectivity index (χ2v) is 6.14. The van der Waals surface area contributed by atoms with Gasteiger partial charge in [0.1, 0.15) is 6.04 Å². The Balaban J connectivity index is 2.08. The van der Waals surface area contributed by atoms with E-state index in [1.54, 1.807) is 24.3 Å². The fourth-order valence-corrected chi connectivity index (χ4v) is 2.34. The number of nitrogens with one attached hydrogen (secondary N) is 2. The summed E-state index contributed by atoms with van der Waals surface area (Å²) in [4.78, 5) is 29.0. The second kappa shape index (κ2) is 8.28. The summed E-state index contributed by atoms with van der Waals surface area (Å²) in [5.41, 5.74) is 2.06. The second-order valence-electron chi connectivity index (χ2n) is 6.14. The Labute approximate surface area is 147 Å². The molecule has 0 radical (unpaired) electrons. The Hall–Kier alpha value is -2.89. The van der Waals surface area contributed by atoms with E-state index in [9.17, 15) is 9.59 Å². The fourth-order valence-electron chi connectivity index (χ4n) is 2.34. The molecule has 25 heavy (non-hydrogen) atoms. The summed E-state index contributed by atoms with van der Waals surface area (Å²) in [5, 5.41) is 5.58. The molecule has 6 heteroatoms. The van der Waals surface area contributed by atoms with Crippen LogP contribution in [0.4, 0.5) is 5.69 Å². The number of pyridine rings is 1. The number of hydrogen-bond acceptors (Lipinski definition) is 4. The largest absolute Gasteiger partial charge is 0.481 e. The number of nitrogens with zero attached hydrogens (tertiary/aromatic N) is 1. The van der Waals surface area contributed by atoms with Crippen molar-refractivity contribution >= 4 is 17.5 Å². The van der Waals surface area contributed by atoms with Crippen LogP contribution in [0.3, 0.4) is 0 Å². The minimum atomic E-state index is -0.657. The molecule has 0 spiro atoms. The summed E-state index contributed by atoms with van der Waals surface area (Å²) < 4.78 is 4.99. The average molecular weight is 341 g/mol. The van der Waals surface area contributed by atoms with Crippen molar-refractivity contribution in [1.82, 2.24) is 10.3 Å². The highest BCUT2D eigenvalue weighted by molar-refractivity contribution is 6.01. The standard InChI is InChI=1S/C19H23N3O3/c1-12(2)17(22-18(23)14-7-5-6-13(3)10-14)19(24)21-15-8-9-16(25-4)20-11-15/h5-12,17H,1-4H3,(H,21,24)(H,22,23). The van der Waals surface area contributed by atoms with E-state index < -0.39 is 6.04 Å². The summed E-state index contributed by atoms with van der Waals surface area (Å²) in [6, 6.07) is 9.95. The maximum atomic E-state index is 12.6. The lowest BCUT2D eigenvalue weighted by molar-refractivity contribution is -0.118. The van der Waals surface area contributed by atoms with Crippen LogP contribution in [0.2, 0.25) is 0 Å². The van der Waals surface area contributed by atoms with Crippen LogP contribution in [0.5, 0.6) is 5.88 Å². The lowest BCUT2D eigenvalue weighted by Crippen LogP contribution is -2.47. The molecule has 0 aliphatic rings. The van der Waals surface area contributed by atoms with E-state index in [4.69, 9.17) is 4.74 Å². The van der Waals surface area contributed by atoms with E-state index in [2.05, 4.69) is 15.6 Å². The Kier molecular flexibility index (Phi) is 6.11. The van der Waals surface area contributed by atoms with Crippen molar-refractivity contribution in [1.29, 1.82) is 0 Å². The SMILES string of the molecule is COc1ccc(NC(=O)C(NC(=O)c2cccc(C)c2)C(C)C)cn1. The Morgan fingerprint density at radius 1 is 1.16 bits per heavy atom. The predicted octanol–water partition coefficient (Wildman–Crippen LogP) is 2.79. The molecular formula is C19H23N3O3. The van der Waals surface area contributed by atoms with Gasteiger partial charge >= 0.3 is 0 Å². The van der Waals surface area contributed by atoms with Crippen molar-refractivity contribution in [3.05, 3.63) is 53.7 Å². The highest BCUT2D eigenvalue weighted by Crippen LogP contribution is 2.13. The highest BCUT2D eigenvalue weighted by Gasteiger charge is 2.25. The quantitative estimate of drug-likeness (QED) is 0.847. The zero-order valence-corrected chi connectivity index (χ0v) is 14.9. The molecule has 0 saturated carbocycles. The molecule has 2 amide bonds. The number of hydrogen-bond donors (Lipinski definition) is 2.